The summed E-state index contributed by atoms with van der Waals surface area (Å²) >= 11 is 0. The smallest absolute Gasteiger partial charge is 0.326 e. The fraction of sp³-hybridized carbons (Fsp3) is 0.737. The van der Waals surface area contributed by atoms with Gasteiger partial charge in [0.05, 0.1) is 12.5 Å². The van der Waals surface area contributed by atoms with Crippen LogP contribution in [0.4, 0.5) is 0 Å². The van der Waals surface area contributed by atoms with Crippen LogP contribution in [0, 0.1) is 5.92 Å². The first-order valence-corrected chi connectivity index (χ1v) is 10.3. The normalized spacial score (nSPS) is 15.6. The second-order valence-corrected chi connectivity index (χ2v) is 7.56. The van der Waals surface area contributed by atoms with Crippen LogP contribution in [0.3, 0.4) is 0 Å². The summed E-state index contributed by atoms with van der Waals surface area (Å²) in [6, 6.07) is -4.36. The molecule has 0 saturated carbocycles. The molecule has 0 aliphatic heterocycles. The second kappa shape index (κ2) is 14.3. The van der Waals surface area contributed by atoms with Gasteiger partial charge in [-0.2, -0.15) is 0 Å². The molecule has 0 aromatic carbocycles. The topological polar surface area (TPSA) is 220 Å². The Morgan fingerprint density at radius 3 is 2.03 bits per heavy atom. The first kappa shape index (κ1) is 28.3. The van der Waals surface area contributed by atoms with Crippen LogP contribution >= 0.6 is 0 Å². The predicted octanol–water partition coefficient (Wildman–Crippen LogP) is -2.08. The van der Waals surface area contributed by atoms with Gasteiger partial charge in [-0.05, 0) is 38.6 Å². The van der Waals surface area contributed by atoms with Gasteiger partial charge in [-0.1, -0.05) is 20.3 Å². The van der Waals surface area contributed by atoms with Gasteiger partial charge < -0.3 is 38.3 Å². The van der Waals surface area contributed by atoms with Crippen molar-refractivity contribution in [2.75, 3.05) is 6.54 Å². The van der Waals surface area contributed by atoms with Gasteiger partial charge in [-0.3, -0.25) is 19.2 Å². The molecular weight excluding hydrogens is 408 g/mol. The number of carboxylic acid groups (broad SMARTS) is 1. The number of unbranched alkanes of at least 4 members (excludes halogenated alkanes) is 1. The number of aliphatic carboxylic acids is 1. The first-order valence-electron chi connectivity index (χ1n) is 10.3. The maximum absolute atomic E-state index is 12.7. The Balaban J connectivity index is 5.12. The van der Waals surface area contributed by atoms with E-state index in [0.717, 1.165) is 0 Å². The van der Waals surface area contributed by atoms with E-state index in [1.165, 1.54) is 6.92 Å². The Labute approximate surface area is 182 Å². The molecule has 0 bridgehead atoms. The summed E-state index contributed by atoms with van der Waals surface area (Å²) in [4.78, 5) is 59.5. The highest BCUT2D eigenvalue weighted by Gasteiger charge is 2.31. The molecule has 0 saturated heterocycles. The second-order valence-electron chi connectivity index (χ2n) is 7.56. The van der Waals surface area contributed by atoms with Gasteiger partial charge in [0.15, 0.2) is 0 Å². The quantitative estimate of drug-likeness (QED) is 0.139. The largest absolute Gasteiger partial charge is 0.480 e. The number of nitrogens with one attached hydrogen (secondary N) is 3. The summed E-state index contributed by atoms with van der Waals surface area (Å²) < 4.78 is 0. The van der Waals surface area contributed by atoms with E-state index in [4.69, 9.17) is 17.2 Å². The zero-order chi connectivity index (χ0) is 24.1. The van der Waals surface area contributed by atoms with Crippen molar-refractivity contribution in [1.82, 2.24) is 16.0 Å². The average molecular weight is 445 g/mol. The summed E-state index contributed by atoms with van der Waals surface area (Å²) in [6.45, 7) is 5.36. The molecule has 0 aromatic heterocycles. The average Bonchev–Trinajstić information content (AvgIpc) is 2.69. The minimum atomic E-state index is -1.20. The van der Waals surface area contributed by atoms with Crippen molar-refractivity contribution in [2.45, 2.75) is 77.0 Å². The number of hydrogen-bond acceptors (Lipinski definition) is 7. The van der Waals surface area contributed by atoms with Crippen LogP contribution in [0.5, 0.6) is 0 Å². The van der Waals surface area contributed by atoms with E-state index in [-0.39, 0.29) is 18.8 Å². The Morgan fingerprint density at radius 1 is 0.935 bits per heavy atom. The molecule has 0 aliphatic rings. The molecule has 4 amide bonds. The van der Waals surface area contributed by atoms with Crippen LogP contribution in [0.1, 0.15) is 52.9 Å². The van der Waals surface area contributed by atoms with Crippen LogP contribution < -0.4 is 33.2 Å². The van der Waals surface area contributed by atoms with Gasteiger partial charge >= 0.3 is 5.97 Å². The maximum atomic E-state index is 12.7. The summed E-state index contributed by atoms with van der Waals surface area (Å²) in [5.74, 6) is -4.27. The molecule has 0 fully saturated rings. The maximum Gasteiger partial charge on any atom is 0.326 e. The number of carbonyl (C=O) groups is 5. The lowest BCUT2D eigenvalue weighted by Crippen LogP contribution is -2.58. The molecule has 10 N–H and O–H groups in total. The number of amides is 4. The van der Waals surface area contributed by atoms with Gasteiger partial charge in [0.1, 0.15) is 18.1 Å². The Hall–Kier alpha value is -2.73. The number of carboxylic acids is 1. The lowest BCUT2D eigenvalue weighted by Gasteiger charge is -2.27. The van der Waals surface area contributed by atoms with Crippen molar-refractivity contribution < 1.29 is 29.1 Å². The van der Waals surface area contributed by atoms with Gasteiger partial charge in [0, 0.05) is 0 Å². The number of hydrogen-bond donors (Lipinski definition) is 7. The third-order valence-electron chi connectivity index (χ3n) is 4.86. The number of primary amides is 1. The van der Waals surface area contributed by atoms with Crippen molar-refractivity contribution in [3.8, 4) is 0 Å². The van der Waals surface area contributed by atoms with Crippen LogP contribution in [-0.2, 0) is 24.0 Å². The van der Waals surface area contributed by atoms with E-state index in [9.17, 15) is 29.1 Å². The molecule has 0 radical (unpaired) electrons. The number of rotatable bonds is 15. The molecule has 0 heterocycles. The highest BCUT2D eigenvalue weighted by atomic mass is 16.4. The van der Waals surface area contributed by atoms with Crippen LogP contribution in [0.25, 0.3) is 0 Å². The third-order valence-corrected chi connectivity index (χ3v) is 4.86. The third kappa shape index (κ3) is 10.7. The monoisotopic (exact) mass is 444 g/mol. The molecule has 12 nitrogen and oxygen atoms in total. The van der Waals surface area contributed by atoms with E-state index in [0.29, 0.717) is 25.8 Å². The van der Waals surface area contributed by atoms with Crippen LogP contribution in [-0.4, -0.2) is 65.4 Å². The fourth-order valence-corrected chi connectivity index (χ4v) is 2.69. The van der Waals surface area contributed by atoms with E-state index in [1.54, 1.807) is 6.92 Å². The minimum absolute atomic E-state index is 0.212. The molecule has 178 valence electrons. The molecule has 5 unspecified atom stereocenters. The van der Waals surface area contributed by atoms with Crippen molar-refractivity contribution >= 4 is 29.6 Å². The Kier molecular flexibility index (Phi) is 13.0. The lowest BCUT2D eigenvalue weighted by molar-refractivity contribution is -0.142. The molecule has 0 aromatic rings. The Morgan fingerprint density at radius 2 is 1.55 bits per heavy atom. The highest BCUT2D eigenvalue weighted by molar-refractivity contribution is 5.94. The molecule has 12 heteroatoms. The highest BCUT2D eigenvalue weighted by Crippen LogP contribution is 2.10. The zero-order valence-electron chi connectivity index (χ0n) is 18.3. The SMILES string of the molecule is CCC(C)C(NC(=O)C(C)NC(=O)C(N)CC(N)=O)C(=O)NC(CCCCN)C(=O)O. The first-order chi connectivity index (χ1) is 14.4. The van der Waals surface area contributed by atoms with E-state index in [2.05, 4.69) is 16.0 Å². The zero-order valence-corrected chi connectivity index (χ0v) is 18.3. The van der Waals surface area contributed by atoms with Gasteiger partial charge in [0.25, 0.3) is 0 Å². The van der Waals surface area contributed by atoms with E-state index in [1.807, 2.05) is 6.92 Å². The molecule has 5 atom stereocenters. The molecule has 0 aliphatic carbocycles. The molecule has 0 spiro atoms. The summed E-state index contributed by atoms with van der Waals surface area (Å²) in [5, 5.41) is 16.7. The fourth-order valence-electron chi connectivity index (χ4n) is 2.69. The lowest BCUT2D eigenvalue weighted by atomic mass is 9.97. The minimum Gasteiger partial charge on any atom is -0.480 e. The molecule has 0 rings (SSSR count). The van der Waals surface area contributed by atoms with Gasteiger partial charge in [-0.25, -0.2) is 4.79 Å². The number of carbonyl (C=O) groups excluding carboxylic acids is 4. The standard InChI is InChI=1S/C19H36N6O6/c1-4-10(2)15(18(29)24-13(19(30)31)7-5-6-8-20)25-16(27)11(3)23-17(28)12(21)9-14(22)26/h10-13,15H,4-9,20-21H2,1-3H3,(H2,22,26)(H,23,28)(H,24,29)(H,25,27)(H,30,31). The van der Waals surface area contributed by atoms with Crippen LogP contribution in [0.15, 0.2) is 0 Å². The van der Waals surface area contributed by atoms with Crippen LogP contribution in [0.2, 0.25) is 0 Å². The predicted molar refractivity (Wildman–Crippen MR) is 113 cm³/mol. The van der Waals surface area contributed by atoms with Crippen molar-refractivity contribution in [1.29, 1.82) is 0 Å². The number of nitrogens with two attached hydrogens (primary N) is 3. The molecule has 31 heavy (non-hydrogen) atoms. The van der Waals surface area contributed by atoms with Crippen molar-refractivity contribution in [3.63, 3.8) is 0 Å². The van der Waals surface area contributed by atoms with Gasteiger partial charge in [0.2, 0.25) is 23.6 Å². The Bertz CT molecular complexity index is 643. The molecular formula is C19H36N6O6. The van der Waals surface area contributed by atoms with Crippen molar-refractivity contribution in [3.05, 3.63) is 0 Å². The van der Waals surface area contributed by atoms with E-state index >= 15 is 0 Å². The van der Waals surface area contributed by atoms with Crippen molar-refractivity contribution in [2.24, 2.45) is 23.1 Å². The summed E-state index contributed by atoms with van der Waals surface area (Å²) in [5.41, 5.74) is 16.0. The summed E-state index contributed by atoms with van der Waals surface area (Å²) in [6.07, 6.45) is 1.53. The summed E-state index contributed by atoms with van der Waals surface area (Å²) in [7, 11) is 0. The van der Waals surface area contributed by atoms with E-state index < -0.39 is 53.8 Å². The van der Waals surface area contributed by atoms with Gasteiger partial charge in [-0.15, -0.1) is 0 Å².